The van der Waals surface area contributed by atoms with Crippen LogP contribution in [0.3, 0.4) is 0 Å². The van der Waals surface area contributed by atoms with Gasteiger partial charge in [-0.1, -0.05) is 71.2 Å². The lowest BCUT2D eigenvalue weighted by atomic mass is 10.1. The van der Waals surface area contributed by atoms with E-state index in [1.54, 1.807) is 42.5 Å². The van der Waals surface area contributed by atoms with Gasteiger partial charge in [-0.15, -0.1) is 0 Å². The highest BCUT2D eigenvalue weighted by molar-refractivity contribution is 6.36. The molecule has 35 heavy (non-hydrogen) atoms. The third kappa shape index (κ3) is 6.41. The molecule has 0 bridgehead atoms. The summed E-state index contributed by atoms with van der Waals surface area (Å²) in [4.78, 5) is 25.9. The second-order valence-corrected chi connectivity index (χ2v) is 8.72. The quantitative estimate of drug-likeness (QED) is 0.276. The smallest absolute Gasteiger partial charge is 0.268 e. The number of rotatable bonds is 7. The number of amides is 2. The first-order valence-electron chi connectivity index (χ1n) is 10.9. The van der Waals surface area contributed by atoms with Gasteiger partial charge in [0.15, 0.2) is 0 Å². The standard InChI is InChI=1S/C28H22Cl2N2O3/c1-18-7-9-20(10-8-18)27(33)32-25(28(34)31-17-19-5-3-2-4-6-19)16-22-12-14-26(35-22)23-13-11-21(29)15-24(23)30/h2-16H,17H2,1H3,(H,31,34)(H,32,33). The Hall–Kier alpha value is -3.80. The first-order valence-corrected chi connectivity index (χ1v) is 11.6. The molecule has 0 saturated heterocycles. The molecule has 4 aromatic rings. The summed E-state index contributed by atoms with van der Waals surface area (Å²) in [6, 6.07) is 25.1. The van der Waals surface area contributed by atoms with Gasteiger partial charge in [-0.25, -0.2) is 0 Å². The Kier molecular flexibility index (Phi) is 7.70. The molecule has 0 aliphatic heterocycles. The number of furan rings is 1. The van der Waals surface area contributed by atoms with Crippen molar-refractivity contribution >= 4 is 41.1 Å². The lowest BCUT2D eigenvalue weighted by Crippen LogP contribution is -2.34. The predicted octanol–water partition coefficient (Wildman–Crippen LogP) is 6.65. The van der Waals surface area contributed by atoms with Crippen molar-refractivity contribution in [2.24, 2.45) is 0 Å². The third-order valence-corrected chi connectivity index (χ3v) is 5.76. The maximum atomic E-state index is 13.0. The molecule has 1 aromatic heterocycles. The molecule has 0 aliphatic carbocycles. The Balaban J connectivity index is 1.60. The van der Waals surface area contributed by atoms with Crippen molar-refractivity contribution in [3.05, 3.63) is 123 Å². The van der Waals surface area contributed by atoms with Crippen LogP contribution in [0, 0.1) is 6.92 Å². The zero-order valence-corrected chi connectivity index (χ0v) is 20.4. The average Bonchev–Trinajstić information content (AvgIpc) is 3.31. The number of carbonyl (C=O) groups is 2. The van der Waals surface area contributed by atoms with Crippen molar-refractivity contribution in [3.63, 3.8) is 0 Å². The van der Waals surface area contributed by atoms with Crippen LogP contribution in [0.15, 0.2) is 95.0 Å². The van der Waals surface area contributed by atoms with E-state index >= 15 is 0 Å². The molecule has 176 valence electrons. The molecule has 0 aliphatic rings. The molecular formula is C28H22Cl2N2O3. The van der Waals surface area contributed by atoms with Gasteiger partial charge < -0.3 is 15.1 Å². The van der Waals surface area contributed by atoms with Gasteiger partial charge >= 0.3 is 0 Å². The molecular weight excluding hydrogens is 483 g/mol. The van der Waals surface area contributed by atoms with Crippen LogP contribution in [0.5, 0.6) is 0 Å². The van der Waals surface area contributed by atoms with Crippen LogP contribution < -0.4 is 10.6 Å². The van der Waals surface area contributed by atoms with Gasteiger partial charge in [-0.3, -0.25) is 9.59 Å². The number of aryl methyl sites for hydroxylation is 1. The van der Waals surface area contributed by atoms with E-state index in [1.165, 1.54) is 6.08 Å². The summed E-state index contributed by atoms with van der Waals surface area (Å²) in [6.07, 6.45) is 1.49. The van der Waals surface area contributed by atoms with E-state index in [9.17, 15) is 9.59 Å². The van der Waals surface area contributed by atoms with Gasteiger partial charge in [-0.05, 0) is 55.0 Å². The Labute approximate surface area is 213 Å². The first kappa shape index (κ1) is 24.3. The molecule has 2 N–H and O–H groups in total. The minimum absolute atomic E-state index is 0.0506. The van der Waals surface area contributed by atoms with E-state index in [4.69, 9.17) is 27.6 Å². The number of halogens is 2. The summed E-state index contributed by atoms with van der Waals surface area (Å²) >= 11 is 12.3. The average molecular weight is 505 g/mol. The van der Waals surface area contributed by atoms with Gasteiger partial charge in [0.05, 0.1) is 5.02 Å². The maximum absolute atomic E-state index is 13.0. The summed E-state index contributed by atoms with van der Waals surface area (Å²) in [5, 5.41) is 6.51. The number of carbonyl (C=O) groups excluding carboxylic acids is 2. The van der Waals surface area contributed by atoms with Gasteiger partial charge in [0.25, 0.3) is 11.8 Å². The minimum atomic E-state index is -0.447. The van der Waals surface area contributed by atoms with E-state index in [0.29, 0.717) is 39.2 Å². The van der Waals surface area contributed by atoms with Crippen LogP contribution in [-0.2, 0) is 11.3 Å². The normalized spacial score (nSPS) is 11.2. The maximum Gasteiger partial charge on any atom is 0.268 e. The molecule has 4 rings (SSSR count). The van der Waals surface area contributed by atoms with Gasteiger partial charge in [0.1, 0.15) is 17.2 Å². The molecule has 0 saturated carbocycles. The second kappa shape index (κ2) is 11.1. The fraction of sp³-hybridized carbons (Fsp3) is 0.0714. The summed E-state index contributed by atoms with van der Waals surface area (Å²) < 4.78 is 5.90. The number of hydrogen-bond donors (Lipinski definition) is 2. The fourth-order valence-electron chi connectivity index (χ4n) is 3.34. The Morgan fingerprint density at radius 1 is 0.914 bits per heavy atom. The van der Waals surface area contributed by atoms with E-state index in [-0.39, 0.29) is 5.70 Å². The number of nitrogens with one attached hydrogen (secondary N) is 2. The van der Waals surface area contributed by atoms with Gasteiger partial charge in [-0.2, -0.15) is 0 Å². The summed E-state index contributed by atoms with van der Waals surface area (Å²) in [5.74, 6) is 0.0299. The van der Waals surface area contributed by atoms with Crippen LogP contribution in [0.4, 0.5) is 0 Å². The van der Waals surface area contributed by atoms with E-state index in [0.717, 1.165) is 11.1 Å². The molecule has 0 fully saturated rings. The van der Waals surface area contributed by atoms with Crippen LogP contribution in [0.25, 0.3) is 17.4 Å². The molecule has 0 radical (unpaired) electrons. The minimum Gasteiger partial charge on any atom is -0.457 e. The fourth-order valence-corrected chi connectivity index (χ4v) is 3.84. The monoisotopic (exact) mass is 504 g/mol. The van der Waals surface area contributed by atoms with Crippen molar-refractivity contribution in [1.82, 2.24) is 10.6 Å². The van der Waals surface area contributed by atoms with Crippen LogP contribution in [0.2, 0.25) is 10.0 Å². The highest BCUT2D eigenvalue weighted by Gasteiger charge is 2.16. The molecule has 7 heteroatoms. The van der Waals surface area contributed by atoms with E-state index in [1.807, 2.05) is 49.4 Å². The molecule has 0 atom stereocenters. The van der Waals surface area contributed by atoms with Crippen LogP contribution in [-0.4, -0.2) is 11.8 Å². The highest BCUT2D eigenvalue weighted by Crippen LogP contribution is 2.32. The van der Waals surface area contributed by atoms with Gasteiger partial charge in [0, 0.05) is 28.8 Å². The number of hydrogen-bond acceptors (Lipinski definition) is 3. The summed E-state index contributed by atoms with van der Waals surface area (Å²) in [5.41, 5.74) is 3.11. The van der Waals surface area contributed by atoms with Crippen LogP contribution in [0.1, 0.15) is 27.2 Å². The predicted molar refractivity (Wildman–Crippen MR) is 139 cm³/mol. The van der Waals surface area contributed by atoms with Crippen molar-refractivity contribution in [2.75, 3.05) is 0 Å². The third-order valence-electron chi connectivity index (χ3n) is 5.21. The Morgan fingerprint density at radius 3 is 2.37 bits per heavy atom. The molecule has 5 nitrogen and oxygen atoms in total. The molecule has 3 aromatic carbocycles. The zero-order chi connectivity index (χ0) is 24.8. The molecule has 2 amide bonds. The van der Waals surface area contributed by atoms with E-state index in [2.05, 4.69) is 10.6 Å². The van der Waals surface area contributed by atoms with E-state index < -0.39 is 11.8 Å². The van der Waals surface area contributed by atoms with Crippen molar-refractivity contribution < 1.29 is 14.0 Å². The second-order valence-electron chi connectivity index (χ2n) is 7.87. The zero-order valence-electron chi connectivity index (χ0n) is 18.8. The SMILES string of the molecule is Cc1ccc(C(=O)NC(=Cc2ccc(-c3ccc(Cl)cc3Cl)o2)C(=O)NCc2ccccc2)cc1. The lowest BCUT2D eigenvalue weighted by Gasteiger charge is -2.11. The topological polar surface area (TPSA) is 71.3 Å². The molecule has 0 spiro atoms. The molecule has 0 unspecified atom stereocenters. The number of benzene rings is 3. The van der Waals surface area contributed by atoms with Crippen molar-refractivity contribution in [3.8, 4) is 11.3 Å². The summed E-state index contributed by atoms with van der Waals surface area (Å²) in [7, 11) is 0. The highest BCUT2D eigenvalue weighted by atomic mass is 35.5. The first-order chi connectivity index (χ1) is 16.9. The Morgan fingerprint density at radius 2 is 1.66 bits per heavy atom. The largest absolute Gasteiger partial charge is 0.457 e. The molecule has 1 heterocycles. The van der Waals surface area contributed by atoms with Gasteiger partial charge in [0.2, 0.25) is 0 Å². The van der Waals surface area contributed by atoms with Crippen LogP contribution >= 0.6 is 23.2 Å². The summed E-state index contributed by atoms with van der Waals surface area (Å²) in [6.45, 7) is 2.24. The van der Waals surface area contributed by atoms with Crippen molar-refractivity contribution in [1.29, 1.82) is 0 Å². The lowest BCUT2D eigenvalue weighted by molar-refractivity contribution is -0.117. The Bertz CT molecular complexity index is 1380. The van der Waals surface area contributed by atoms with Crippen molar-refractivity contribution in [2.45, 2.75) is 13.5 Å².